The van der Waals surface area contributed by atoms with Crippen LogP contribution in [0, 0.1) is 6.92 Å². The van der Waals surface area contributed by atoms with Crippen LogP contribution in [-0.4, -0.2) is 18.0 Å². The molecule has 0 saturated carbocycles. The zero-order valence-corrected chi connectivity index (χ0v) is 13.3. The van der Waals surface area contributed by atoms with Gasteiger partial charge in [-0.1, -0.05) is 30.3 Å². The van der Waals surface area contributed by atoms with Gasteiger partial charge in [0, 0.05) is 7.05 Å². The van der Waals surface area contributed by atoms with Gasteiger partial charge in [-0.3, -0.25) is 0 Å². The SMILES string of the molecule is Cc1ccccc1S(=O)(=O)NCc1nc2ccccc2n1C. The summed E-state index contributed by atoms with van der Waals surface area (Å²) >= 11 is 0. The van der Waals surface area contributed by atoms with E-state index in [4.69, 9.17) is 0 Å². The van der Waals surface area contributed by atoms with Crippen molar-refractivity contribution in [1.82, 2.24) is 14.3 Å². The third-order valence-corrected chi connectivity index (χ3v) is 5.24. The lowest BCUT2D eigenvalue weighted by Gasteiger charge is -2.09. The zero-order chi connectivity index (χ0) is 15.7. The average molecular weight is 315 g/mol. The highest BCUT2D eigenvalue weighted by molar-refractivity contribution is 7.89. The minimum Gasteiger partial charge on any atom is -0.330 e. The Labute approximate surface area is 129 Å². The maximum absolute atomic E-state index is 12.4. The fourth-order valence-corrected chi connectivity index (χ4v) is 3.67. The van der Waals surface area contributed by atoms with Gasteiger partial charge in [-0.05, 0) is 30.7 Å². The molecule has 0 bridgehead atoms. The molecule has 3 rings (SSSR count). The molecule has 0 atom stereocenters. The summed E-state index contributed by atoms with van der Waals surface area (Å²) in [4.78, 5) is 4.77. The third kappa shape index (κ3) is 2.63. The van der Waals surface area contributed by atoms with Crippen molar-refractivity contribution in [2.24, 2.45) is 7.05 Å². The normalized spacial score (nSPS) is 11.9. The van der Waals surface area contributed by atoms with E-state index >= 15 is 0 Å². The molecule has 0 aliphatic heterocycles. The van der Waals surface area contributed by atoms with Crippen LogP contribution in [0.25, 0.3) is 11.0 Å². The number of para-hydroxylation sites is 2. The number of imidazole rings is 1. The van der Waals surface area contributed by atoms with Gasteiger partial charge in [0.15, 0.2) is 0 Å². The van der Waals surface area contributed by atoms with E-state index in [9.17, 15) is 8.42 Å². The highest BCUT2D eigenvalue weighted by Crippen LogP contribution is 2.16. The largest absolute Gasteiger partial charge is 0.330 e. The Balaban J connectivity index is 1.88. The van der Waals surface area contributed by atoms with Gasteiger partial charge in [0.2, 0.25) is 10.0 Å². The van der Waals surface area contributed by atoms with Crippen LogP contribution in [0.5, 0.6) is 0 Å². The molecule has 0 amide bonds. The van der Waals surface area contributed by atoms with E-state index in [0.29, 0.717) is 10.7 Å². The van der Waals surface area contributed by atoms with Crippen molar-refractivity contribution in [1.29, 1.82) is 0 Å². The number of sulfonamides is 1. The number of hydrogen-bond acceptors (Lipinski definition) is 3. The predicted molar refractivity (Wildman–Crippen MR) is 85.9 cm³/mol. The number of aromatic nitrogens is 2. The summed E-state index contributed by atoms with van der Waals surface area (Å²) in [7, 11) is -1.67. The molecule has 1 N–H and O–H groups in total. The number of benzene rings is 2. The molecular formula is C16H17N3O2S. The summed E-state index contributed by atoms with van der Waals surface area (Å²) in [6.45, 7) is 1.94. The molecular weight excluding hydrogens is 298 g/mol. The first-order valence-corrected chi connectivity index (χ1v) is 8.43. The van der Waals surface area contributed by atoms with Crippen LogP contribution in [-0.2, 0) is 23.6 Å². The van der Waals surface area contributed by atoms with E-state index in [2.05, 4.69) is 9.71 Å². The summed E-state index contributed by atoms with van der Waals surface area (Å²) in [6, 6.07) is 14.6. The average Bonchev–Trinajstić information content (AvgIpc) is 2.83. The minimum atomic E-state index is -3.55. The third-order valence-electron chi connectivity index (χ3n) is 3.68. The second kappa shape index (κ2) is 5.55. The van der Waals surface area contributed by atoms with Crippen molar-refractivity contribution in [2.75, 3.05) is 0 Å². The first kappa shape index (κ1) is 14.7. The van der Waals surface area contributed by atoms with Crippen LogP contribution < -0.4 is 4.72 Å². The van der Waals surface area contributed by atoms with Gasteiger partial charge >= 0.3 is 0 Å². The lowest BCUT2D eigenvalue weighted by Crippen LogP contribution is -2.25. The van der Waals surface area contributed by atoms with Crippen molar-refractivity contribution in [3.05, 3.63) is 59.9 Å². The second-order valence-corrected chi connectivity index (χ2v) is 6.90. The lowest BCUT2D eigenvalue weighted by atomic mass is 10.2. The Hall–Kier alpha value is -2.18. The fraction of sp³-hybridized carbons (Fsp3) is 0.188. The summed E-state index contributed by atoms with van der Waals surface area (Å²) in [5.41, 5.74) is 2.56. The topological polar surface area (TPSA) is 64.0 Å². The van der Waals surface area contributed by atoms with E-state index < -0.39 is 10.0 Å². The van der Waals surface area contributed by atoms with Crippen molar-refractivity contribution < 1.29 is 8.42 Å². The fourth-order valence-electron chi connectivity index (χ4n) is 2.45. The predicted octanol–water partition coefficient (Wildman–Crippen LogP) is 2.36. The van der Waals surface area contributed by atoms with Crippen LogP contribution in [0.4, 0.5) is 0 Å². The highest BCUT2D eigenvalue weighted by Gasteiger charge is 2.17. The first-order chi connectivity index (χ1) is 10.5. The number of nitrogens with zero attached hydrogens (tertiary/aromatic N) is 2. The van der Waals surface area contributed by atoms with E-state index in [-0.39, 0.29) is 6.54 Å². The van der Waals surface area contributed by atoms with Crippen LogP contribution in [0.15, 0.2) is 53.4 Å². The molecule has 0 aliphatic rings. The van der Waals surface area contributed by atoms with Gasteiger partial charge in [-0.2, -0.15) is 0 Å². The molecule has 0 fully saturated rings. The molecule has 0 radical (unpaired) electrons. The summed E-state index contributed by atoms with van der Waals surface area (Å²) in [6.07, 6.45) is 0. The Morgan fingerprint density at radius 3 is 2.50 bits per heavy atom. The number of nitrogens with one attached hydrogen (secondary N) is 1. The molecule has 0 unspecified atom stereocenters. The van der Waals surface area contributed by atoms with Crippen LogP contribution >= 0.6 is 0 Å². The van der Waals surface area contributed by atoms with Gasteiger partial charge < -0.3 is 4.57 Å². The smallest absolute Gasteiger partial charge is 0.241 e. The highest BCUT2D eigenvalue weighted by atomic mass is 32.2. The van der Waals surface area contributed by atoms with Crippen molar-refractivity contribution >= 4 is 21.1 Å². The molecule has 1 heterocycles. The van der Waals surface area contributed by atoms with E-state index in [1.807, 2.05) is 41.9 Å². The number of aryl methyl sites for hydroxylation is 2. The Morgan fingerprint density at radius 2 is 1.77 bits per heavy atom. The van der Waals surface area contributed by atoms with Crippen molar-refractivity contribution in [3.63, 3.8) is 0 Å². The molecule has 3 aromatic rings. The second-order valence-electron chi connectivity index (χ2n) is 5.17. The van der Waals surface area contributed by atoms with E-state index in [1.165, 1.54) is 0 Å². The molecule has 6 heteroatoms. The number of rotatable bonds is 4. The minimum absolute atomic E-state index is 0.155. The molecule has 0 aliphatic carbocycles. The Bertz CT molecular complexity index is 929. The van der Waals surface area contributed by atoms with Gasteiger partial charge in [-0.15, -0.1) is 0 Å². The lowest BCUT2D eigenvalue weighted by molar-refractivity contribution is 0.577. The molecule has 0 saturated heterocycles. The molecule has 114 valence electrons. The molecule has 22 heavy (non-hydrogen) atoms. The van der Waals surface area contributed by atoms with E-state index in [1.54, 1.807) is 25.1 Å². The molecule has 5 nitrogen and oxygen atoms in total. The standard InChI is InChI=1S/C16H17N3O2S/c1-12-7-3-6-10-15(12)22(20,21)17-11-16-18-13-8-4-5-9-14(13)19(16)2/h3-10,17H,11H2,1-2H3. The van der Waals surface area contributed by atoms with Crippen LogP contribution in [0.2, 0.25) is 0 Å². The quantitative estimate of drug-likeness (QED) is 0.804. The Morgan fingerprint density at radius 1 is 1.09 bits per heavy atom. The van der Waals surface area contributed by atoms with Crippen LogP contribution in [0.1, 0.15) is 11.4 Å². The van der Waals surface area contributed by atoms with Gasteiger partial charge in [-0.25, -0.2) is 18.1 Å². The maximum atomic E-state index is 12.4. The van der Waals surface area contributed by atoms with Crippen molar-refractivity contribution in [3.8, 4) is 0 Å². The van der Waals surface area contributed by atoms with Crippen molar-refractivity contribution in [2.45, 2.75) is 18.4 Å². The molecule has 0 spiro atoms. The number of fused-ring (bicyclic) bond motifs is 1. The summed E-state index contributed by atoms with van der Waals surface area (Å²) < 4.78 is 29.3. The molecule has 1 aromatic heterocycles. The van der Waals surface area contributed by atoms with E-state index in [0.717, 1.165) is 16.6 Å². The van der Waals surface area contributed by atoms with Gasteiger partial charge in [0.25, 0.3) is 0 Å². The van der Waals surface area contributed by atoms with Gasteiger partial charge in [0.05, 0.1) is 22.5 Å². The van der Waals surface area contributed by atoms with Crippen LogP contribution in [0.3, 0.4) is 0 Å². The zero-order valence-electron chi connectivity index (χ0n) is 12.4. The monoisotopic (exact) mass is 315 g/mol. The van der Waals surface area contributed by atoms with Gasteiger partial charge in [0.1, 0.15) is 5.82 Å². The molecule has 2 aromatic carbocycles. The first-order valence-electron chi connectivity index (χ1n) is 6.95. The maximum Gasteiger partial charge on any atom is 0.241 e. The summed E-state index contributed by atoms with van der Waals surface area (Å²) in [5, 5.41) is 0. The summed E-state index contributed by atoms with van der Waals surface area (Å²) in [5.74, 6) is 0.679. The number of hydrogen-bond donors (Lipinski definition) is 1. The Kier molecular flexibility index (Phi) is 3.72.